The lowest BCUT2D eigenvalue weighted by Crippen LogP contribution is -1.89. The number of aryl methyl sites for hydroxylation is 1. The lowest BCUT2D eigenvalue weighted by atomic mass is 10.0. The Morgan fingerprint density at radius 1 is 0.826 bits per heavy atom. The van der Waals surface area contributed by atoms with Gasteiger partial charge in [0.25, 0.3) is 0 Å². The van der Waals surface area contributed by atoms with E-state index in [9.17, 15) is 4.39 Å². The van der Waals surface area contributed by atoms with E-state index in [-0.39, 0.29) is 5.82 Å². The van der Waals surface area contributed by atoms with Crippen molar-refractivity contribution in [2.45, 2.75) is 6.92 Å². The highest BCUT2D eigenvalue weighted by atomic mass is 19.1. The number of imidazole rings is 1. The third-order valence-electron chi connectivity index (χ3n) is 3.97. The Hall–Kier alpha value is -2.94. The topological polar surface area (TPSA) is 17.3 Å². The SMILES string of the molecule is Cc1ccc(-c2c(-c3ccc(F)cc3)nc3ccccn23)cc1. The maximum absolute atomic E-state index is 13.2. The lowest BCUT2D eigenvalue weighted by molar-refractivity contribution is 0.628. The molecule has 0 fully saturated rings. The van der Waals surface area contributed by atoms with Crippen molar-refractivity contribution in [1.29, 1.82) is 0 Å². The first kappa shape index (κ1) is 13.7. The molecule has 0 unspecified atom stereocenters. The Morgan fingerprint density at radius 3 is 2.26 bits per heavy atom. The number of benzene rings is 2. The second-order valence-electron chi connectivity index (χ2n) is 5.61. The molecule has 0 spiro atoms. The monoisotopic (exact) mass is 302 g/mol. The number of nitrogens with zero attached hydrogens (tertiary/aromatic N) is 2. The zero-order valence-corrected chi connectivity index (χ0v) is 12.7. The molecule has 0 N–H and O–H groups in total. The number of rotatable bonds is 2. The first-order valence-electron chi connectivity index (χ1n) is 7.52. The zero-order chi connectivity index (χ0) is 15.8. The Bertz CT molecular complexity index is 967. The first-order chi connectivity index (χ1) is 11.2. The fraction of sp³-hybridized carbons (Fsp3) is 0.0500. The van der Waals surface area contributed by atoms with Crippen molar-refractivity contribution >= 4 is 5.65 Å². The average Bonchev–Trinajstić information content (AvgIpc) is 2.96. The van der Waals surface area contributed by atoms with Crippen molar-refractivity contribution in [3.05, 3.63) is 84.3 Å². The quantitative estimate of drug-likeness (QED) is 0.502. The molecule has 0 saturated heterocycles. The van der Waals surface area contributed by atoms with Crippen LogP contribution in [0.5, 0.6) is 0 Å². The van der Waals surface area contributed by atoms with Gasteiger partial charge < -0.3 is 0 Å². The first-order valence-corrected chi connectivity index (χ1v) is 7.52. The lowest BCUT2D eigenvalue weighted by Gasteiger charge is -2.06. The van der Waals surface area contributed by atoms with E-state index in [4.69, 9.17) is 4.98 Å². The van der Waals surface area contributed by atoms with Crippen LogP contribution in [0.3, 0.4) is 0 Å². The van der Waals surface area contributed by atoms with Gasteiger partial charge in [0, 0.05) is 17.3 Å². The van der Waals surface area contributed by atoms with Gasteiger partial charge in [0.05, 0.1) is 11.4 Å². The molecular formula is C20H15FN2. The summed E-state index contributed by atoms with van der Waals surface area (Å²) in [5, 5.41) is 0. The van der Waals surface area contributed by atoms with Gasteiger partial charge in [-0.05, 0) is 43.3 Å². The molecule has 23 heavy (non-hydrogen) atoms. The van der Waals surface area contributed by atoms with E-state index in [1.807, 2.05) is 24.4 Å². The number of hydrogen-bond acceptors (Lipinski definition) is 1. The van der Waals surface area contributed by atoms with Crippen molar-refractivity contribution in [2.24, 2.45) is 0 Å². The van der Waals surface area contributed by atoms with Gasteiger partial charge in [-0.3, -0.25) is 4.40 Å². The third-order valence-corrected chi connectivity index (χ3v) is 3.97. The predicted octanol–water partition coefficient (Wildman–Crippen LogP) is 5.12. The number of aromatic nitrogens is 2. The van der Waals surface area contributed by atoms with Crippen molar-refractivity contribution in [1.82, 2.24) is 9.38 Å². The number of hydrogen-bond donors (Lipinski definition) is 0. The van der Waals surface area contributed by atoms with Crippen molar-refractivity contribution in [3.8, 4) is 22.5 Å². The zero-order valence-electron chi connectivity index (χ0n) is 12.7. The van der Waals surface area contributed by atoms with Gasteiger partial charge in [0.1, 0.15) is 11.5 Å². The minimum absolute atomic E-state index is 0.241. The second kappa shape index (κ2) is 5.36. The Kier molecular flexibility index (Phi) is 3.19. The van der Waals surface area contributed by atoms with E-state index in [1.165, 1.54) is 17.7 Å². The molecule has 0 atom stereocenters. The summed E-state index contributed by atoms with van der Waals surface area (Å²) in [4.78, 5) is 4.75. The summed E-state index contributed by atoms with van der Waals surface area (Å²) in [5.41, 5.74) is 5.97. The highest BCUT2D eigenvalue weighted by molar-refractivity contribution is 5.82. The van der Waals surface area contributed by atoms with Gasteiger partial charge in [-0.2, -0.15) is 0 Å². The van der Waals surface area contributed by atoms with E-state index in [2.05, 4.69) is 35.6 Å². The summed E-state index contributed by atoms with van der Waals surface area (Å²) in [7, 11) is 0. The number of pyridine rings is 1. The van der Waals surface area contributed by atoms with Gasteiger partial charge >= 0.3 is 0 Å². The van der Waals surface area contributed by atoms with Crippen LogP contribution in [-0.2, 0) is 0 Å². The van der Waals surface area contributed by atoms with Crippen LogP contribution in [0.2, 0.25) is 0 Å². The summed E-state index contributed by atoms with van der Waals surface area (Å²) in [6.45, 7) is 2.07. The summed E-state index contributed by atoms with van der Waals surface area (Å²) in [5.74, 6) is -0.241. The maximum Gasteiger partial charge on any atom is 0.137 e. The van der Waals surface area contributed by atoms with Gasteiger partial charge in [-0.25, -0.2) is 9.37 Å². The molecule has 0 bridgehead atoms. The fourth-order valence-corrected chi connectivity index (χ4v) is 2.79. The van der Waals surface area contributed by atoms with Gasteiger partial charge in [-0.15, -0.1) is 0 Å². The van der Waals surface area contributed by atoms with Crippen LogP contribution < -0.4 is 0 Å². The summed E-state index contributed by atoms with van der Waals surface area (Å²) < 4.78 is 15.3. The van der Waals surface area contributed by atoms with Gasteiger partial charge in [0.2, 0.25) is 0 Å². The third kappa shape index (κ3) is 2.40. The van der Waals surface area contributed by atoms with E-state index >= 15 is 0 Å². The number of fused-ring (bicyclic) bond motifs is 1. The predicted molar refractivity (Wildman–Crippen MR) is 90.8 cm³/mol. The fourth-order valence-electron chi connectivity index (χ4n) is 2.79. The molecule has 0 aliphatic rings. The molecule has 2 aromatic carbocycles. The minimum atomic E-state index is -0.241. The van der Waals surface area contributed by atoms with Crippen LogP contribution in [-0.4, -0.2) is 9.38 Å². The van der Waals surface area contributed by atoms with Gasteiger partial charge in [0.15, 0.2) is 0 Å². The molecule has 0 aliphatic heterocycles. The maximum atomic E-state index is 13.2. The Labute approximate surface area is 133 Å². The van der Waals surface area contributed by atoms with E-state index in [0.717, 1.165) is 28.2 Å². The molecule has 0 saturated carbocycles. The Balaban J connectivity index is 2.01. The summed E-state index contributed by atoms with van der Waals surface area (Å²) >= 11 is 0. The Morgan fingerprint density at radius 2 is 1.52 bits per heavy atom. The van der Waals surface area contributed by atoms with Crippen molar-refractivity contribution in [3.63, 3.8) is 0 Å². The van der Waals surface area contributed by atoms with Crippen LogP contribution in [0.4, 0.5) is 4.39 Å². The normalized spacial score (nSPS) is 11.0. The molecule has 0 aliphatic carbocycles. The van der Waals surface area contributed by atoms with E-state index < -0.39 is 0 Å². The highest BCUT2D eigenvalue weighted by Gasteiger charge is 2.15. The molecule has 112 valence electrons. The minimum Gasteiger partial charge on any atom is -0.299 e. The van der Waals surface area contributed by atoms with Crippen LogP contribution in [0, 0.1) is 12.7 Å². The standard InChI is InChI=1S/C20H15FN2/c1-14-5-7-16(8-6-14)20-19(15-9-11-17(21)12-10-15)22-18-4-2-3-13-23(18)20/h2-13H,1H3. The van der Waals surface area contributed by atoms with Crippen molar-refractivity contribution < 1.29 is 4.39 Å². The van der Waals surface area contributed by atoms with E-state index in [1.54, 1.807) is 12.1 Å². The molecule has 3 heteroatoms. The van der Waals surface area contributed by atoms with Crippen LogP contribution in [0.15, 0.2) is 72.9 Å². The molecule has 0 amide bonds. The highest BCUT2D eigenvalue weighted by Crippen LogP contribution is 2.32. The van der Waals surface area contributed by atoms with Crippen molar-refractivity contribution in [2.75, 3.05) is 0 Å². The summed E-state index contributed by atoms with van der Waals surface area (Å²) in [6, 6.07) is 20.8. The van der Waals surface area contributed by atoms with E-state index in [0.29, 0.717) is 0 Å². The molecule has 0 radical (unpaired) electrons. The summed E-state index contributed by atoms with van der Waals surface area (Å²) in [6.07, 6.45) is 2.00. The van der Waals surface area contributed by atoms with Gasteiger partial charge in [-0.1, -0.05) is 35.9 Å². The van der Waals surface area contributed by atoms with Crippen LogP contribution in [0.25, 0.3) is 28.2 Å². The molecule has 2 nitrogen and oxygen atoms in total. The molecule has 2 heterocycles. The molecule has 4 aromatic rings. The molecular weight excluding hydrogens is 287 g/mol. The molecule has 4 rings (SSSR count). The van der Waals surface area contributed by atoms with Crippen LogP contribution in [0.1, 0.15) is 5.56 Å². The largest absolute Gasteiger partial charge is 0.299 e. The average molecular weight is 302 g/mol. The smallest absolute Gasteiger partial charge is 0.137 e. The molecule has 2 aromatic heterocycles. The second-order valence-corrected chi connectivity index (χ2v) is 5.61. The number of halogens is 1. The van der Waals surface area contributed by atoms with Crippen LogP contribution >= 0.6 is 0 Å².